The standard InChI is InChI=1S/C22H27N5O2.HI/c1-23-22(26-14-19-7-8-20(28-2)12-21(19)29-3)25-13-17-5-4-6-18(11-17)15-27-10-9-24-16-27;/h4-12,16H,13-15H2,1-3H3,(H2,23,25,26);1H. The zero-order valence-electron chi connectivity index (χ0n) is 17.5. The number of benzene rings is 2. The Kier molecular flexibility index (Phi) is 9.46. The smallest absolute Gasteiger partial charge is 0.191 e. The Morgan fingerprint density at radius 2 is 1.83 bits per heavy atom. The van der Waals surface area contributed by atoms with Gasteiger partial charge in [-0.15, -0.1) is 24.0 Å². The molecule has 2 N–H and O–H groups in total. The van der Waals surface area contributed by atoms with Gasteiger partial charge in [-0.3, -0.25) is 4.99 Å². The summed E-state index contributed by atoms with van der Waals surface area (Å²) in [4.78, 5) is 8.40. The van der Waals surface area contributed by atoms with Gasteiger partial charge < -0.3 is 24.7 Å². The first-order valence-corrected chi connectivity index (χ1v) is 9.41. The van der Waals surface area contributed by atoms with E-state index in [1.54, 1.807) is 27.5 Å². The lowest BCUT2D eigenvalue weighted by molar-refractivity contribution is 0.390. The monoisotopic (exact) mass is 521 g/mol. The van der Waals surface area contributed by atoms with E-state index in [0.29, 0.717) is 13.1 Å². The fourth-order valence-electron chi connectivity index (χ4n) is 3.01. The number of rotatable bonds is 8. The van der Waals surface area contributed by atoms with Gasteiger partial charge in [0.2, 0.25) is 0 Å². The van der Waals surface area contributed by atoms with Crippen molar-refractivity contribution in [1.29, 1.82) is 0 Å². The summed E-state index contributed by atoms with van der Waals surface area (Å²) < 4.78 is 12.8. The largest absolute Gasteiger partial charge is 0.497 e. The minimum absolute atomic E-state index is 0. The van der Waals surface area contributed by atoms with Gasteiger partial charge in [0.05, 0.1) is 20.5 Å². The van der Waals surface area contributed by atoms with Crippen LogP contribution in [0.4, 0.5) is 0 Å². The molecule has 0 amide bonds. The highest BCUT2D eigenvalue weighted by atomic mass is 127. The van der Waals surface area contributed by atoms with E-state index >= 15 is 0 Å². The second kappa shape index (κ2) is 12.1. The van der Waals surface area contributed by atoms with Gasteiger partial charge in [0.15, 0.2) is 5.96 Å². The van der Waals surface area contributed by atoms with Crippen LogP contribution in [-0.2, 0) is 19.6 Å². The number of ether oxygens (including phenoxy) is 2. The van der Waals surface area contributed by atoms with Crippen LogP contribution in [0.1, 0.15) is 16.7 Å². The molecule has 0 saturated heterocycles. The molecular weight excluding hydrogens is 493 g/mol. The van der Waals surface area contributed by atoms with Crippen molar-refractivity contribution in [3.63, 3.8) is 0 Å². The number of methoxy groups -OCH3 is 2. The lowest BCUT2D eigenvalue weighted by Gasteiger charge is -2.15. The third kappa shape index (κ3) is 6.65. The maximum absolute atomic E-state index is 5.45. The van der Waals surface area contributed by atoms with Crippen LogP contribution in [0.25, 0.3) is 0 Å². The van der Waals surface area contributed by atoms with Gasteiger partial charge in [-0.05, 0) is 23.3 Å². The van der Waals surface area contributed by atoms with Crippen LogP contribution in [0.3, 0.4) is 0 Å². The van der Waals surface area contributed by atoms with Gasteiger partial charge in [-0.2, -0.15) is 0 Å². The molecule has 0 aliphatic rings. The molecule has 0 unspecified atom stereocenters. The molecule has 3 rings (SSSR count). The van der Waals surface area contributed by atoms with Crippen LogP contribution < -0.4 is 20.1 Å². The van der Waals surface area contributed by atoms with E-state index in [1.165, 1.54) is 11.1 Å². The van der Waals surface area contributed by atoms with Gasteiger partial charge >= 0.3 is 0 Å². The van der Waals surface area contributed by atoms with Crippen LogP contribution in [-0.4, -0.2) is 36.8 Å². The molecule has 0 saturated carbocycles. The topological polar surface area (TPSA) is 72.7 Å². The zero-order chi connectivity index (χ0) is 20.5. The van der Waals surface area contributed by atoms with Crippen molar-refractivity contribution in [2.75, 3.05) is 21.3 Å². The summed E-state index contributed by atoms with van der Waals surface area (Å²) >= 11 is 0. The van der Waals surface area contributed by atoms with Gasteiger partial charge in [0, 0.05) is 50.7 Å². The Morgan fingerprint density at radius 3 is 2.53 bits per heavy atom. The van der Waals surface area contributed by atoms with E-state index < -0.39 is 0 Å². The Morgan fingerprint density at radius 1 is 1.03 bits per heavy atom. The van der Waals surface area contributed by atoms with Crippen LogP contribution in [0.2, 0.25) is 0 Å². The molecule has 0 radical (unpaired) electrons. The number of nitrogens with zero attached hydrogens (tertiary/aromatic N) is 3. The number of aliphatic imine (C=N–C) groups is 1. The molecule has 1 heterocycles. The highest BCUT2D eigenvalue weighted by molar-refractivity contribution is 14.0. The van der Waals surface area contributed by atoms with E-state index in [0.717, 1.165) is 29.6 Å². The van der Waals surface area contributed by atoms with Crippen LogP contribution in [0.15, 0.2) is 66.2 Å². The molecule has 3 aromatic rings. The average Bonchev–Trinajstić information content (AvgIpc) is 3.27. The molecule has 7 nitrogen and oxygen atoms in total. The fraction of sp³-hybridized carbons (Fsp3) is 0.273. The van der Waals surface area contributed by atoms with Crippen LogP contribution >= 0.6 is 24.0 Å². The van der Waals surface area contributed by atoms with Crippen molar-refractivity contribution in [3.8, 4) is 11.5 Å². The van der Waals surface area contributed by atoms with Crippen LogP contribution in [0.5, 0.6) is 11.5 Å². The molecule has 2 aromatic carbocycles. The fourth-order valence-corrected chi connectivity index (χ4v) is 3.01. The summed E-state index contributed by atoms with van der Waals surface area (Å²) in [6, 6.07) is 14.3. The summed E-state index contributed by atoms with van der Waals surface area (Å²) in [5.74, 6) is 2.27. The molecule has 160 valence electrons. The molecule has 8 heteroatoms. The average molecular weight is 521 g/mol. The molecule has 1 aromatic heterocycles. The first-order valence-electron chi connectivity index (χ1n) is 9.41. The third-order valence-electron chi connectivity index (χ3n) is 4.54. The second-order valence-electron chi connectivity index (χ2n) is 6.51. The van der Waals surface area contributed by atoms with E-state index in [2.05, 4.69) is 49.4 Å². The van der Waals surface area contributed by atoms with E-state index in [1.807, 2.05) is 30.7 Å². The molecule has 0 atom stereocenters. The maximum atomic E-state index is 5.45. The summed E-state index contributed by atoms with van der Waals surface area (Å²) in [6.45, 7) is 2.07. The Labute approximate surface area is 194 Å². The number of aromatic nitrogens is 2. The van der Waals surface area contributed by atoms with Crippen LogP contribution in [0, 0.1) is 0 Å². The SMILES string of the molecule is CN=C(NCc1cccc(Cn2ccnc2)c1)NCc1ccc(OC)cc1OC.I. The number of hydrogen-bond donors (Lipinski definition) is 2. The summed E-state index contributed by atoms with van der Waals surface area (Å²) in [5, 5.41) is 6.68. The Hall–Kier alpha value is -2.75. The number of hydrogen-bond acceptors (Lipinski definition) is 4. The molecular formula is C22H28IN5O2. The molecule has 0 bridgehead atoms. The third-order valence-corrected chi connectivity index (χ3v) is 4.54. The normalized spacial score (nSPS) is 10.8. The quantitative estimate of drug-likeness (QED) is 0.270. The molecule has 30 heavy (non-hydrogen) atoms. The van der Waals surface area contributed by atoms with Gasteiger partial charge in [-0.25, -0.2) is 4.98 Å². The Balaban J connectivity index is 0.00000320. The van der Waals surface area contributed by atoms with E-state index in [-0.39, 0.29) is 24.0 Å². The van der Waals surface area contributed by atoms with Gasteiger partial charge in [0.25, 0.3) is 0 Å². The number of imidazole rings is 1. The second-order valence-corrected chi connectivity index (χ2v) is 6.51. The van der Waals surface area contributed by atoms with E-state index in [4.69, 9.17) is 9.47 Å². The summed E-state index contributed by atoms with van der Waals surface area (Å²) in [6.07, 6.45) is 5.58. The number of guanidine groups is 1. The van der Waals surface area contributed by atoms with Crippen molar-refractivity contribution >= 4 is 29.9 Å². The molecule has 0 aliphatic heterocycles. The van der Waals surface area contributed by atoms with E-state index in [9.17, 15) is 0 Å². The Bertz CT molecular complexity index is 944. The van der Waals surface area contributed by atoms with Gasteiger partial charge in [-0.1, -0.05) is 24.3 Å². The van der Waals surface area contributed by atoms with Crippen molar-refractivity contribution < 1.29 is 9.47 Å². The molecule has 0 spiro atoms. The number of halogens is 1. The first-order chi connectivity index (χ1) is 14.2. The minimum atomic E-state index is 0. The lowest BCUT2D eigenvalue weighted by Crippen LogP contribution is -2.36. The highest BCUT2D eigenvalue weighted by Crippen LogP contribution is 2.24. The summed E-state index contributed by atoms with van der Waals surface area (Å²) in [5.41, 5.74) is 3.44. The molecule has 0 fully saturated rings. The number of nitrogens with one attached hydrogen (secondary N) is 2. The maximum Gasteiger partial charge on any atom is 0.191 e. The first kappa shape index (κ1) is 23.5. The lowest BCUT2D eigenvalue weighted by atomic mass is 10.1. The predicted molar refractivity (Wildman–Crippen MR) is 130 cm³/mol. The predicted octanol–water partition coefficient (Wildman–Crippen LogP) is 3.43. The van der Waals surface area contributed by atoms with Crippen molar-refractivity contribution in [2.24, 2.45) is 4.99 Å². The van der Waals surface area contributed by atoms with Crippen molar-refractivity contribution in [1.82, 2.24) is 20.2 Å². The molecule has 0 aliphatic carbocycles. The minimum Gasteiger partial charge on any atom is -0.497 e. The zero-order valence-corrected chi connectivity index (χ0v) is 19.8. The van der Waals surface area contributed by atoms with Crippen molar-refractivity contribution in [2.45, 2.75) is 19.6 Å². The summed E-state index contributed by atoms with van der Waals surface area (Å²) in [7, 11) is 5.06. The van der Waals surface area contributed by atoms with Gasteiger partial charge in [0.1, 0.15) is 11.5 Å². The van der Waals surface area contributed by atoms with Crippen molar-refractivity contribution in [3.05, 3.63) is 77.9 Å². The highest BCUT2D eigenvalue weighted by Gasteiger charge is 2.06.